The summed E-state index contributed by atoms with van der Waals surface area (Å²) in [5.41, 5.74) is 7.04. The van der Waals surface area contributed by atoms with Crippen LogP contribution in [0.2, 0.25) is 0 Å². The standard InChI is InChI=1S/C11H14N2O2/c1-8(14)13-7-10-4-2-9(3-5-10)6-11(12)15/h2-5,7,11,15H,6,12H2,1H3/b13-7+. The molecular weight excluding hydrogens is 192 g/mol. The fourth-order valence-corrected chi connectivity index (χ4v) is 1.15. The highest BCUT2D eigenvalue weighted by Crippen LogP contribution is 2.04. The van der Waals surface area contributed by atoms with Gasteiger partial charge in [0, 0.05) is 19.6 Å². The first kappa shape index (κ1) is 11.6. The van der Waals surface area contributed by atoms with Crippen LogP contribution in [0.1, 0.15) is 18.1 Å². The Hall–Kier alpha value is -1.52. The number of nitrogens with zero attached hydrogens (tertiary/aromatic N) is 1. The molecule has 1 aromatic rings. The summed E-state index contributed by atoms with van der Waals surface area (Å²) in [7, 11) is 0. The number of hydrogen-bond acceptors (Lipinski definition) is 3. The first-order valence-electron chi connectivity index (χ1n) is 4.65. The lowest BCUT2D eigenvalue weighted by molar-refractivity contribution is -0.115. The first-order valence-corrected chi connectivity index (χ1v) is 4.65. The van der Waals surface area contributed by atoms with Crippen molar-refractivity contribution in [1.29, 1.82) is 0 Å². The third-order valence-corrected chi connectivity index (χ3v) is 1.82. The zero-order valence-electron chi connectivity index (χ0n) is 8.55. The molecule has 0 spiro atoms. The molecule has 1 aromatic carbocycles. The molecule has 0 aromatic heterocycles. The molecule has 0 bridgehead atoms. The molecule has 0 heterocycles. The van der Waals surface area contributed by atoms with Gasteiger partial charge in [0.15, 0.2) is 0 Å². The predicted octanol–water partition coefficient (Wildman–Crippen LogP) is 0.472. The molecule has 0 aliphatic heterocycles. The van der Waals surface area contributed by atoms with Crippen molar-refractivity contribution >= 4 is 12.1 Å². The Balaban J connectivity index is 2.68. The second-order valence-electron chi connectivity index (χ2n) is 3.29. The van der Waals surface area contributed by atoms with Gasteiger partial charge in [-0.2, -0.15) is 0 Å². The summed E-state index contributed by atoms with van der Waals surface area (Å²) in [4.78, 5) is 14.2. The van der Waals surface area contributed by atoms with Crippen molar-refractivity contribution in [2.45, 2.75) is 19.6 Å². The fourth-order valence-electron chi connectivity index (χ4n) is 1.15. The van der Waals surface area contributed by atoms with Crippen molar-refractivity contribution in [1.82, 2.24) is 0 Å². The second-order valence-corrected chi connectivity index (χ2v) is 3.29. The monoisotopic (exact) mass is 206 g/mol. The van der Waals surface area contributed by atoms with Crippen LogP contribution in [0.3, 0.4) is 0 Å². The quantitative estimate of drug-likeness (QED) is 0.557. The van der Waals surface area contributed by atoms with Gasteiger partial charge in [0.05, 0.1) is 0 Å². The number of rotatable bonds is 3. The number of aliphatic hydroxyl groups is 1. The molecule has 4 heteroatoms. The number of hydrogen-bond donors (Lipinski definition) is 2. The normalized spacial score (nSPS) is 13.0. The number of aliphatic hydroxyl groups excluding tert-OH is 1. The Morgan fingerprint density at radius 3 is 2.60 bits per heavy atom. The molecule has 0 aliphatic carbocycles. The summed E-state index contributed by atoms with van der Waals surface area (Å²) in [5.74, 6) is -0.226. The van der Waals surface area contributed by atoms with Gasteiger partial charge in [-0.25, -0.2) is 4.99 Å². The first-order chi connectivity index (χ1) is 7.08. The summed E-state index contributed by atoms with van der Waals surface area (Å²) >= 11 is 0. The minimum absolute atomic E-state index is 0.226. The number of carbonyl (C=O) groups excluding carboxylic acids is 1. The van der Waals surface area contributed by atoms with E-state index in [-0.39, 0.29) is 5.91 Å². The lowest BCUT2D eigenvalue weighted by Crippen LogP contribution is -2.21. The highest BCUT2D eigenvalue weighted by Gasteiger charge is 1.98. The van der Waals surface area contributed by atoms with Gasteiger partial charge in [-0.15, -0.1) is 0 Å². The van der Waals surface area contributed by atoms with E-state index in [1.807, 2.05) is 24.3 Å². The summed E-state index contributed by atoms with van der Waals surface area (Å²) in [5, 5.41) is 8.96. The maximum Gasteiger partial charge on any atom is 0.242 e. The molecule has 4 nitrogen and oxygen atoms in total. The van der Waals surface area contributed by atoms with E-state index < -0.39 is 6.23 Å². The summed E-state index contributed by atoms with van der Waals surface area (Å²) < 4.78 is 0. The van der Waals surface area contributed by atoms with E-state index in [9.17, 15) is 4.79 Å². The Bertz CT molecular complexity index is 355. The largest absolute Gasteiger partial charge is 0.378 e. The highest BCUT2D eigenvalue weighted by atomic mass is 16.3. The van der Waals surface area contributed by atoms with Crippen molar-refractivity contribution in [2.75, 3.05) is 0 Å². The maximum atomic E-state index is 10.6. The van der Waals surface area contributed by atoms with Crippen molar-refractivity contribution in [2.24, 2.45) is 10.7 Å². The Morgan fingerprint density at radius 1 is 1.53 bits per heavy atom. The van der Waals surface area contributed by atoms with Gasteiger partial charge in [0.25, 0.3) is 0 Å². The van der Waals surface area contributed by atoms with Crippen LogP contribution in [0.5, 0.6) is 0 Å². The van der Waals surface area contributed by atoms with Crippen molar-refractivity contribution in [3.63, 3.8) is 0 Å². The number of amides is 1. The second kappa shape index (κ2) is 5.38. The van der Waals surface area contributed by atoms with Crippen molar-refractivity contribution < 1.29 is 9.90 Å². The van der Waals surface area contributed by atoms with Gasteiger partial charge in [-0.05, 0) is 11.1 Å². The molecule has 0 radical (unpaired) electrons. The van der Waals surface area contributed by atoms with Crippen LogP contribution in [0.15, 0.2) is 29.3 Å². The zero-order valence-corrected chi connectivity index (χ0v) is 8.55. The smallest absolute Gasteiger partial charge is 0.242 e. The lowest BCUT2D eigenvalue weighted by atomic mass is 10.1. The van der Waals surface area contributed by atoms with E-state index in [4.69, 9.17) is 10.8 Å². The fraction of sp³-hybridized carbons (Fsp3) is 0.273. The molecule has 15 heavy (non-hydrogen) atoms. The van der Waals surface area contributed by atoms with Crippen LogP contribution in [-0.2, 0) is 11.2 Å². The van der Waals surface area contributed by atoms with Crippen molar-refractivity contribution in [3.8, 4) is 0 Å². The third-order valence-electron chi connectivity index (χ3n) is 1.82. The van der Waals surface area contributed by atoms with Crippen LogP contribution in [0.4, 0.5) is 0 Å². The molecule has 3 N–H and O–H groups in total. The molecule has 80 valence electrons. The van der Waals surface area contributed by atoms with E-state index in [1.165, 1.54) is 13.1 Å². The van der Waals surface area contributed by atoms with Crippen molar-refractivity contribution in [3.05, 3.63) is 35.4 Å². The molecule has 1 rings (SSSR count). The molecule has 0 fully saturated rings. The lowest BCUT2D eigenvalue weighted by Gasteiger charge is -2.03. The van der Waals surface area contributed by atoms with Gasteiger partial charge in [0.1, 0.15) is 6.23 Å². The minimum atomic E-state index is -0.832. The van der Waals surface area contributed by atoms with Gasteiger partial charge in [-0.3, -0.25) is 4.79 Å². The van der Waals surface area contributed by atoms with Crippen LogP contribution >= 0.6 is 0 Å². The molecule has 1 unspecified atom stereocenters. The highest BCUT2D eigenvalue weighted by molar-refractivity contribution is 5.90. The molecule has 1 amide bonds. The topological polar surface area (TPSA) is 75.7 Å². The summed E-state index contributed by atoms with van der Waals surface area (Å²) in [6.07, 6.45) is 1.09. The van der Waals surface area contributed by atoms with Gasteiger partial charge in [-0.1, -0.05) is 24.3 Å². The van der Waals surface area contributed by atoms with E-state index in [1.54, 1.807) is 0 Å². The van der Waals surface area contributed by atoms with Crippen LogP contribution < -0.4 is 5.73 Å². The summed E-state index contributed by atoms with van der Waals surface area (Å²) in [6, 6.07) is 7.34. The third kappa shape index (κ3) is 4.49. The van der Waals surface area contributed by atoms with E-state index in [2.05, 4.69) is 4.99 Å². The van der Waals surface area contributed by atoms with Gasteiger partial charge in [0.2, 0.25) is 5.91 Å². The molecular formula is C11H14N2O2. The average Bonchev–Trinajstić information content (AvgIpc) is 2.16. The van der Waals surface area contributed by atoms with E-state index in [0.717, 1.165) is 11.1 Å². The number of aliphatic imine (C=N–C) groups is 1. The Kier molecular flexibility index (Phi) is 4.15. The molecule has 0 aliphatic rings. The number of benzene rings is 1. The summed E-state index contributed by atoms with van der Waals surface area (Å²) in [6.45, 7) is 1.40. The minimum Gasteiger partial charge on any atom is -0.378 e. The van der Waals surface area contributed by atoms with E-state index >= 15 is 0 Å². The molecule has 0 saturated heterocycles. The SMILES string of the molecule is CC(=O)/N=C/c1ccc(CC(N)O)cc1. The predicted molar refractivity (Wildman–Crippen MR) is 58.6 cm³/mol. The number of carbonyl (C=O) groups is 1. The van der Waals surface area contributed by atoms with Gasteiger partial charge < -0.3 is 10.8 Å². The Morgan fingerprint density at radius 2 is 2.13 bits per heavy atom. The maximum absolute atomic E-state index is 10.6. The average molecular weight is 206 g/mol. The van der Waals surface area contributed by atoms with Crippen LogP contribution in [-0.4, -0.2) is 23.5 Å². The number of nitrogens with two attached hydrogens (primary N) is 1. The zero-order chi connectivity index (χ0) is 11.3. The van der Waals surface area contributed by atoms with Crippen LogP contribution in [0.25, 0.3) is 0 Å². The van der Waals surface area contributed by atoms with E-state index in [0.29, 0.717) is 6.42 Å². The molecule has 1 atom stereocenters. The van der Waals surface area contributed by atoms with Gasteiger partial charge >= 0.3 is 0 Å². The molecule has 0 saturated carbocycles. The Labute approximate surface area is 88.4 Å². The van der Waals surface area contributed by atoms with Crippen LogP contribution in [0, 0.1) is 0 Å².